The summed E-state index contributed by atoms with van der Waals surface area (Å²) in [5, 5.41) is 0. The second-order valence-corrected chi connectivity index (χ2v) is 4.75. The molecule has 16 heavy (non-hydrogen) atoms. The lowest BCUT2D eigenvalue weighted by molar-refractivity contribution is 0.554. The van der Waals surface area contributed by atoms with E-state index in [9.17, 15) is 0 Å². The lowest BCUT2D eigenvalue weighted by atomic mass is 9.86. The molecule has 0 heterocycles. The Labute approximate surface area is 98.7 Å². The first-order chi connectivity index (χ1) is 7.70. The number of aryl methyl sites for hydroxylation is 1. The van der Waals surface area contributed by atoms with Gasteiger partial charge >= 0.3 is 0 Å². The predicted molar refractivity (Wildman–Crippen MR) is 71.3 cm³/mol. The molecule has 0 spiro atoms. The largest absolute Gasteiger partial charge is 0.0805 e. The van der Waals surface area contributed by atoms with E-state index in [1.807, 2.05) is 0 Å². The van der Waals surface area contributed by atoms with Gasteiger partial charge in [0.15, 0.2) is 0 Å². The van der Waals surface area contributed by atoms with Crippen molar-refractivity contribution in [3.8, 4) is 0 Å². The van der Waals surface area contributed by atoms with Crippen molar-refractivity contribution in [2.75, 3.05) is 0 Å². The Bertz CT molecular complexity index is 406. The summed E-state index contributed by atoms with van der Waals surface area (Å²) in [6, 6.07) is 8.93. The van der Waals surface area contributed by atoms with Gasteiger partial charge in [-0.3, -0.25) is 0 Å². The summed E-state index contributed by atoms with van der Waals surface area (Å²) in [7, 11) is 0. The molecule has 1 aromatic rings. The minimum Gasteiger partial charge on any atom is -0.0805 e. The van der Waals surface area contributed by atoms with Gasteiger partial charge in [0, 0.05) is 0 Å². The third-order valence-electron chi connectivity index (χ3n) is 3.55. The van der Waals surface area contributed by atoms with Crippen LogP contribution in [0.4, 0.5) is 0 Å². The second kappa shape index (κ2) is 4.69. The number of hydrogen-bond acceptors (Lipinski definition) is 0. The number of hydrogen-bond donors (Lipinski definition) is 0. The van der Waals surface area contributed by atoms with Gasteiger partial charge < -0.3 is 0 Å². The van der Waals surface area contributed by atoms with Crippen LogP contribution in [0, 0.1) is 11.8 Å². The zero-order chi connectivity index (χ0) is 11.5. The first-order valence-corrected chi connectivity index (χ1v) is 6.20. The average Bonchev–Trinajstić information content (AvgIpc) is 2.33. The molecule has 2 rings (SSSR count). The van der Waals surface area contributed by atoms with Gasteiger partial charge in [-0.15, -0.1) is 0 Å². The number of allylic oxidation sites excluding steroid dienone is 4. The molecule has 0 nitrogen and oxygen atoms in total. The van der Waals surface area contributed by atoms with E-state index in [0.717, 1.165) is 6.42 Å². The fourth-order valence-electron chi connectivity index (χ4n) is 2.05. The average molecular weight is 212 g/mol. The van der Waals surface area contributed by atoms with Crippen LogP contribution >= 0.6 is 0 Å². The van der Waals surface area contributed by atoms with Gasteiger partial charge in [0.1, 0.15) is 0 Å². The van der Waals surface area contributed by atoms with E-state index in [0.29, 0.717) is 11.8 Å². The quantitative estimate of drug-likeness (QED) is 0.678. The summed E-state index contributed by atoms with van der Waals surface area (Å²) in [5.74, 6) is 1.31. The van der Waals surface area contributed by atoms with E-state index in [-0.39, 0.29) is 0 Å². The molecule has 0 bridgehead atoms. The van der Waals surface area contributed by atoms with Gasteiger partial charge in [0.2, 0.25) is 0 Å². The Kier molecular flexibility index (Phi) is 3.28. The molecule has 0 radical (unpaired) electrons. The molecule has 2 unspecified atom stereocenters. The molecule has 0 aliphatic heterocycles. The molecule has 1 aliphatic rings. The molecular formula is C16H20. The third-order valence-corrected chi connectivity index (χ3v) is 3.55. The van der Waals surface area contributed by atoms with Crippen molar-refractivity contribution in [2.45, 2.75) is 27.2 Å². The van der Waals surface area contributed by atoms with Crippen LogP contribution < -0.4 is 0 Å². The maximum absolute atomic E-state index is 2.38. The van der Waals surface area contributed by atoms with Crippen molar-refractivity contribution in [1.82, 2.24) is 0 Å². The summed E-state index contributed by atoms with van der Waals surface area (Å²) < 4.78 is 0. The first-order valence-electron chi connectivity index (χ1n) is 6.20. The molecule has 0 saturated carbocycles. The van der Waals surface area contributed by atoms with Crippen LogP contribution in [-0.2, 0) is 6.42 Å². The molecule has 0 amide bonds. The van der Waals surface area contributed by atoms with E-state index in [1.165, 1.54) is 16.7 Å². The maximum atomic E-state index is 2.38. The second-order valence-electron chi connectivity index (χ2n) is 4.75. The van der Waals surface area contributed by atoms with Crippen LogP contribution in [0.2, 0.25) is 0 Å². The summed E-state index contributed by atoms with van der Waals surface area (Å²) >= 11 is 0. The summed E-state index contributed by atoms with van der Waals surface area (Å²) in [6.07, 6.45) is 8.06. The van der Waals surface area contributed by atoms with Crippen LogP contribution in [0.1, 0.15) is 31.9 Å². The Hall–Kier alpha value is -1.30. The molecule has 0 fully saturated rings. The minimum absolute atomic E-state index is 0.644. The van der Waals surface area contributed by atoms with Gasteiger partial charge in [-0.25, -0.2) is 0 Å². The molecular weight excluding hydrogens is 192 g/mol. The Morgan fingerprint density at radius 2 is 1.69 bits per heavy atom. The normalized spacial score (nSPS) is 24.3. The smallest absolute Gasteiger partial charge is 0.0187 e. The van der Waals surface area contributed by atoms with Gasteiger partial charge in [0.25, 0.3) is 0 Å². The Balaban J connectivity index is 2.25. The van der Waals surface area contributed by atoms with Gasteiger partial charge in [0.05, 0.1) is 0 Å². The van der Waals surface area contributed by atoms with Crippen molar-refractivity contribution in [1.29, 1.82) is 0 Å². The fraction of sp³-hybridized carbons (Fsp3) is 0.375. The molecule has 0 heteroatoms. The number of benzene rings is 1. The summed E-state index contributed by atoms with van der Waals surface area (Å²) in [4.78, 5) is 0. The van der Waals surface area contributed by atoms with Crippen LogP contribution in [0.15, 0.2) is 42.5 Å². The minimum atomic E-state index is 0.644. The van der Waals surface area contributed by atoms with E-state index in [2.05, 4.69) is 63.3 Å². The van der Waals surface area contributed by atoms with E-state index in [4.69, 9.17) is 0 Å². The zero-order valence-electron chi connectivity index (χ0n) is 10.4. The Morgan fingerprint density at radius 1 is 1.00 bits per heavy atom. The molecule has 0 aromatic heterocycles. The molecule has 84 valence electrons. The molecule has 1 aliphatic carbocycles. The highest BCUT2D eigenvalue weighted by molar-refractivity contribution is 5.75. The van der Waals surface area contributed by atoms with Crippen LogP contribution in [-0.4, -0.2) is 0 Å². The Morgan fingerprint density at radius 3 is 2.25 bits per heavy atom. The fourth-order valence-corrected chi connectivity index (χ4v) is 2.05. The van der Waals surface area contributed by atoms with E-state index in [1.54, 1.807) is 0 Å². The van der Waals surface area contributed by atoms with Gasteiger partial charge in [-0.05, 0) is 35.0 Å². The SMILES string of the molecule is CCc1ccc(C2=CC(C)C(C)C=C2)cc1. The monoisotopic (exact) mass is 212 g/mol. The van der Waals surface area contributed by atoms with Crippen LogP contribution in [0.5, 0.6) is 0 Å². The predicted octanol–water partition coefficient (Wildman–Crippen LogP) is 4.47. The van der Waals surface area contributed by atoms with Gasteiger partial charge in [-0.2, -0.15) is 0 Å². The highest BCUT2D eigenvalue weighted by Gasteiger charge is 2.12. The standard InChI is InChI=1S/C16H20/c1-4-14-6-9-15(10-7-14)16-8-5-12(2)13(3)11-16/h5-13H,4H2,1-3H3. The molecule has 0 saturated heterocycles. The van der Waals surface area contributed by atoms with Crippen molar-refractivity contribution < 1.29 is 0 Å². The topological polar surface area (TPSA) is 0 Å². The molecule has 0 N–H and O–H groups in total. The van der Waals surface area contributed by atoms with Gasteiger partial charge in [-0.1, -0.05) is 63.3 Å². The van der Waals surface area contributed by atoms with Crippen molar-refractivity contribution >= 4 is 5.57 Å². The van der Waals surface area contributed by atoms with E-state index >= 15 is 0 Å². The van der Waals surface area contributed by atoms with Crippen molar-refractivity contribution in [2.24, 2.45) is 11.8 Å². The lowest BCUT2D eigenvalue weighted by Crippen LogP contribution is -2.06. The first kappa shape index (κ1) is 11.2. The zero-order valence-corrected chi connectivity index (χ0v) is 10.4. The maximum Gasteiger partial charge on any atom is -0.0187 e. The third kappa shape index (κ3) is 2.27. The summed E-state index contributed by atoms with van der Waals surface area (Å²) in [6.45, 7) is 6.75. The molecule has 2 atom stereocenters. The van der Waals surface area contributed by atoms with Crippen LogP contribution in [0.25, 0.3) is 5.57 Å². The molecule has 1 aromatic carbocycles. The van der Waals surface area contributed by atoms with Crippen LogP contribution in [0.3, 0.4) is 0 Å². The highest BCUT2D eigenvalue weighted by atomic mass is 14.2. The van der Waals surface area contributed by atoms with Crippen molar-refractivity contribution in [3.63, 3.8) is 0 Å². The highest BCUT2D eigenvalue weighted by Crippen LogP contribution is 2.28. The number of rotatable bonds is 2. The lowest BCUT2D eigenvalue weighted by Gasteiger charge is -2.19. The van der Waals surface area contributed by atoms with Crippen molar-refractivity contribution in [3.05, 3.63) is 53.6 Å². The summed E-state index contributed by atoms with van der Waals surface area (Å²) in [5.41, 5.74) is 4.12. The van der Waals surface area contributed by atoms with E-state index < -0.39 is 0 Å².